The summed E-state index contributed by atoms with van der Waals surface area (Å²) in [6, 6.07) is 0. The quantitative estimate of drug-likeness (QED) is 0.144. The molecule has 0 heterocycles. The molecule has 0 aromatic heterocycles. The molecule has 14 heavy (non-hydrogen) atoms. The lowest BCUT2D eigenvalue weighted by Gasteiger charge is -2.09. The highest BCUT2D eigenvalue weighted by atomic mass is 32.1. The number of ether oxygens (including phenoxy) is 1. The summed E-state index contributed by atoms with van der Waals surface area (Å²) in [4.78, 5) is 10.5. The zero-order valence-corrected chi connectivity index (χ0v) is 8.24. The zero-order chi connectivity index (χ0) is 11.1. The summed E-state index contributed by atoms with van der Waals surface area (Å²) < 4.78 is 4.48. The van der Waals surface area contributed by atoms with E-state index in [1.165, 1.54) is 0 Å². The molecule has 0 aliphatic carbocycles. The Labute approximate surface area is 85.5 Å². The van der Waals surface area contributed by atoms with E-state index in [9.17, 15) is 4.79 Å². The summed E-state index contributed by atoms with van der Waals surface area (Å²) in [5.41, 5.74) is 7.16. The normalized spacial score (nSPS) is 13.2. The number of hydrogen-bond donors (Lipinski definition) is 4. The monoisotopic (exact) mass is 221 g/mol. The number of nitrogens with two attached hydrogens (primary N) is 1. The second kappa shape index (κ2) is 6.24. The van der Waals surface area contributed by atoms with Gasteiger partial charge in [-0.15, -0.1) is 5.10 Å². The number of thiocarbonyl (C=S) groups is 1. The summed E-state index contributed by atoms with van der Waals surface area (Å²) in [5.74, 6) is -1.08. The first-order valence-corrected chi connectivity index (χ1v) is 3.98. The minimum Gasteiger partial charge on any atom is -0.407 e. The molecule has 7 nitrogen and oxygen atoms in total. The minimum atomic E-state index is -1.40. The van der Waals surface area contributed by atoms with Crippen LogP contribution in [0.5, 0.6) is 0 Å². The minimum absolute atomic E-state index is 0.153. The molecule has 0 aliphatic heterocycles. The summed E-state index contributed by atoms with van der Waals surface area (Å²) in [6.07, 6.45) is -1.40. The molecule has 0 aromatic carbocycles. The van der Waals surface area contributed by atoms with Crippen LogP contribution >= 0.6 is 12.2 Å². The van der Waals surface area contributed by atoms with E-state index < -0.39 is 24.6 Å². The van der Waals surface area contributed by atoms with Crippen molar-refractivity contribution in [1.82, 2.24) is 5.43 Å². The van der Waals surface area contributed by atoms with E-state index in [2.05, 4.69) is 27.5 Å². The van der Waals surface area contributed by atoms with Crippen LogP contribution in [-0.2, 0) is 9.53 Å². The van der Waals surface area contributed by atoms with Gasteiger partial charge in [-0.2, -0.15) is 0 Å². The Hall–Kier alpha value is -1.25. The average molecular weight is 221 g/mol. The molecule has 5 N–H and O–H groups in total. The molecule has 0 saturated heterocycles. The zero-order valence-electron chi connectivity index (χ0n) is 7.43. The molecule has 0 rings (SSSR count). The van der Waals surface area contributed by atoms with E-state index in [-0.39, 0.29) is 5.11 Å². The number of esters is 1. The molecule has 0 aliphatic rings. The van der Waals surface area contributed by atoms with Crippen LogP contribution in [0, 0.1) is 0 Å². The van der Waals surface area contributed by atoms with Crippen molar-refractivity contribution in [2.24, 2.45) is 10.8 Å². The van der Waals surface area contributed by atoms with Gasteiger partial charge in [0.15, 0.2) is 11.2 Å². The van der Waals surface area contributed by atoms with Gasteiger partial charge in [0.25, 0.3) is 0 Å². The van der Waals surface area contributed by atoms with E-state index in [4.69, 9.17) is 15.9 Å². The predicted molar refractivity (Wildman–Crippen MR) is 52.2 cm³/mol. The fourth-order valence-electron chi connectivity index (χ4n) is 0.501. The Balaban J connectivity index is 4.45. The first-order valence-electron chi connectivity index (χ1n) is 3.57. The highest BCUT2D eigenvalue weighted by molar-refractivity contribution is 7.80. The van der Waals surface area contributed by atoms with Gasteiger partial charge >= 0.3 is 5.97 Å². The Kier molecular flexibility index (Phi) is 5.68. The van der Waals surface area contributed by atoms with Crippen molar-refractivity contribution in [1.29, 1.82) is 0 Å². The first kappa shape index (κ1) is 12.8. The van der Waals surface area contributed by atoms with E-state index in [1.54, 1.807) is 0 Å². The molecule has 1 unspecified atom stereocenters. The van der Waals surface area contributed by atoms with Crippen LogP contribution in [0.15, 0.2) is 5.10 Å². The number of aliphatic hydroxyl groups excluding tert-OH is 2. The van der Waals surface area contributed by atoms with E-state index >= 15 is 0 Å². The number of hydrazone groups is 1. The standard InChI is InChI=1S/C6H11N3O4S/c1-3(11)13-5(4(12)2-10)8-9-6(7)14/h4,10,12H,2H2,1H3,(H3,7,9,14)/b8-5-. The van der Waals surface area contributed by atoms with Crippen LogP contribution in [0.1, 0.15) is 6.92 Å². The second-order valence-electron chi connectivity index (χ2n) is 2.22. The average Bonchev–Trinajstić information content (AvgIpc) is 2.10. The Morgan fingerprint density at radius 1 is 1.79 bits per heavy atom. The smallest absolute Gasteiger partial charge is 0.309 e. The van der Waals surface area contributed by atoms with Gasteiger partial charge in [-0.05, 0) is 12.2 Å². The van der Waals surface area contributed by atoms with Crippen molar-refractivity contribution in [3.8, 4) is 0 Å². The number of carbonyl (C=O) groups excluding carboxylic acids is 1. The third-order valence-electron chi connectivity index (χ3n) is 0.983. The summed E-state index contributed by atoms with van der Waals surface area (Å²) in [7, 11) is 0. The number of nitrogens with one attached hydrogen (secondary N) is 1. The van der Waals surface area contributed by atoms with Crippen molar-refractivity contribution in [2.45, 2.75) is 13.0 Å². The molecule has 0 saturated carbocycles. The number of hydrogen-bond acceptors (Lipinski definition) is 6. The molecule has 1 atom stereocenters. The van der Waals surface area contributed by atoms with Gasteiger partial charge in [0.2, 0.25) is 5.90 Å². The molecule has 8 heteroatoms. The van der Waals surface area contributed by atoms with Crippen LogP contribution in [0.25, 0.3) is 0 Å². The third-order valence-corrected chi connectivity index (χ3v) is 1.07. The number of nitrogens with zero attached hydrogens (tertiary/aromatic N) is 1. The molecule has 0 bridgehead atoms. The Morgan fingerprint density at radius 2 is 2.36 bits per heavy atom. The molecular weight excluding hydrogens is 210 g/mol. The molecule has 0 amide bonds. The molecule has 0 radical (unpaired) electrons. The number of rotatable bonds is 3. The van der Waals surface area contributed by atoms with Crippen molar-refractivity contribution >= 4 is 29.2 Å². The molecule has 0 aromatic rings. The predicted octanol–water partition coefficient (Wildman–Crippen LogP) is -1.95. The number of carbonyl (C=O) groups is 1. The van der Waals surface area contributed by atoms with Gasteiger partial charge in [-0.25, -0.2) is 0 Å². The van der Waals surface area contributed by atoms with Crippen LogP contribution in [0.4, 0.5) is 0 Å². The molecule has 0 spiro atoms. The van der Waals surface area contributed by atoms with Gasteiger partial charge in [-0.3, -0.25) is 10.2 Å². The van der Waals surface area contributed by atoms with Gasteiger partial charge in [0.1, 0.15) is 0 Å². The lowest BCUT2D eigenvalue weighted by Crippen LogP contribution is -2.33. The van der Waals surface area contributed by atoms with Crippen molar-refractivity contribution in [2.75, 3.05) is 6.61 Å². The lowest BCUT2D eigenvalue weighted by molar-refractivity contribution is -0.133. The lowest BCUT2D eigenvalue weighted by atomic mass is 10.4. The van der Waals surface area contributed by atoms with Crippen molar-refractivity contribution in [3.05, 3.63) is 0 Å². The van der Waals surface area contributed by atoms with Crippen LogP contribution in [-0.4, -0.2) is 39.9 Å². The van der Waals surface area contributed by atoms with Crippen molar-refractivity contribution in [3.63, 3.8) is 0 Å². The summed E-state index contributed by atoms with van der Waals surface area (Å²) in [6.45, 7) is 0.492. The highest BCUT2D eigenvalue weighted by Gasteiger charge is 2.15. The second-order valence-corrected chi connectivity index (χ2v) is 2.66. The number of aliphatic hydroxyl groups is 2. The first-order chi connectivity index (χ1) is 6.47. The van der Waals surface area contributed by atoms with Gasteiger partial charge < -0.3 is 20.7 Å². The maximum Gasteiger partial charge on any atom is 0.309 e. The van der Waals surface area contributed by atoms with Gasteiger partial charge in [0.05, 0.1) is 6.61 Å². The summed E-state index contributed by atoms with van der Waals surface area (Å²) >= 11 is 4.43. The van der Waals surface area contributed by atoms with Crippen molar-refractivity contribution < 1.29 is 19.7 Å². The molecule has 0 fully saturated rings. The summed E-state index contributed by atoms with van der Waals surface area (Å²) in [5, 5.41) is 20.9. The van der Waals surface area contributed by atoms with Gasteiger partial charge in [-0.1, -0.05) is 0 Å². The third kappa shape index (κ3) is 5.41. The van der Waals surface area contributed by atoms with E-state index in [0.29, 0.717) is 0 Å². The fraction of sp³-hybridized carbons (Fsp3) is 0.500. The van der Waals surface area contributed by atoms with Crippen LogP contribution in [0.3, 0.4) is 0 Å². The van der Waals surface area contributed by atoms with E-state index in [1.807, 2.05) is 0 Å². The maximum absolute atomic E-state index is 10.5. The topological polar surface area (TPSA) is 117 Å². The SMILES string of the molecule is CC(=O)O/C(=N\NC(N)=S)C(O)CO. The molecule has 80 valence electrons. The Bertz CT molecular complexity index is 255. The maximum atomic E-state index is 10.5. The van der Waals surface area contributed by atoms with Gasteiger partial charge in [0, 0.05) is 6.92 Å². The van der Waals surface area contributed by atoms with E-state index in [0.717, 1.165) is 6.92 Å². The highest BCUT2D eigenvalue weighted by Crippen LogP contribution is 1.91. The van der Waals surface area contributed by atoms with Crippen LogP contribution in [0.2, 0.25) is 0 Å². The van der Waals surface area contributed by atoms with Crippen LogP contribution < -0.4 is 11.2 Å². The molecular formula is C6H11N3O4S. The fourth-order valence-corrected chi connectivity index (χ4v) is 0.547. The largest absolute Gasteiger partial charge is 0.407 e. The Morgan fingerprint density at radius 3 is 2.71 bits per heavy atom.